The van der Waals surface area contributed by atoms with Gasteiger partial charge in [-0.25, -0.2) is 0 Å². The molecule has 0 saturated carbocycles. The van der Waals surface area contributed by atoms with Gasteiger partial charge in [0.2, 0.25) is 0 Å². The fourth-order valence-corrected chi connectivity index (χ4v) is 16.7. The van der Waals surface area contributed by atoms with Crippen LogP contribution in [0, 0.1) is 0 Å². The van der Waals surface area contributed by atoms with Gasteiger partial charge in [0.1, 0.15) is 0 Å². The van der Waals surface area contributed by atoms with Crippen LogP contribution in [0.25, 0.3) is 5.57 Å². The minimum atomic E-state index is -2.44. The van der Waals surface area contributed by atoms with Crippen LogP contribution in [0.15, 0.2) is 60.1 Å². The van der Waals surface area contributed by atoms with E-state index in [4.69, 9.17) is 4.74 Å². The van der Waals surface area contributed by atoms with Crippen LogP contribution in [0.5, 0.6) is 5.75 Å². The predicted octanol–water partition coefficient (Wildman–Crippen LogP) is 2.74. The summed E-state index contributed by atoms with van der Waals surface area (Å²) in [6.45, 7) is 0. The molecule has 4 heterocycles. The van der Waals surface area contributed by atoms with Crippen LogP contribution in [-0.2, 0) is 11.2 Å². The van der Waals surface area contributed by atoms with Crippen molar-refractivity contribution in [3.63, 3.8) is 0 Å². The Morgan fingerprint density at radius 1 is 1.08 bits per heavy atom. The summed E-state index contributed by atoms with van der Waals surface area (Å²) >= 11 is -1.37. The average Bonchev–Trinajstić information content (AvgIpc) is 3.26. The van der Waals surface area contributed by atoms with Crippen LogP contribution in [0.3, 0.4) is 0 Å². The van der Waals surface area contributed by atoms with Crippen LogP contribution in [0.4, 0.5) is 4.79 Å². The van der Waals surface area contributed by atoms with Crippen LogP contribution < -0.4 is 13.4 Å². The molecule has 6 heteroatoms. The van der Waals surface area contributed by atoms with E-state index in [1.165, 1.54) is 26.7 Å². The van der Waals surface area contributed by atoms with Gasteiger partial charge in [-0.3, -0.25) is 0 Å². The summed E-state index contributed by atoms with van der Waals surface area (Å²) in [6.07, 6.45) is 0.867. The molecule has 2 bridgehead atoms. The first kappa shape index (κ1) is 16.3. The molecule has 1 saturated heterocycles. The second-order valence-electron chi connectivity index (χ2n) is 6.50. The molecule has 0 unspecified atom stereocenters. The summed E-state index contributed by atoms with van der Waals surface area (Å²) < 4.78 is 9.67. The quantitative estimate of drug-likeness (QED) is 0.712. The van der Waals surface area contributed by atoms with Gasteiger partial charge in [0, 0.05) is 0 Å². The van der Waals surface area contributed by atoms with Crippen LogP contribution >= 0.6 is 11.8 Å². The number of hydrogen-bond donors (Lipinski definition) is 1. The zero-order valence-corrected chi connectivity index (χ0v) is 18.1. The molecule has 2 aromatic carbocycles. The van der Waals surface area contributed by atoms with E-state index in [1.54, 1.807) is 7.11 Å². The van der Waals surface area contributed by atoms with E-state index in [9.17, 15) is 9.59 Å². The second kappa shape index (κ2) is 6.06. The van der Waals surface area contributed by atoms with Gasteiger partial charge in [0.15, 0.2) is 0 Å². The van der Waals surface area contributed by atoms with Gasteiger partial charge in [-0.05, 0) is 0 Å². The molecule has 6 rings (SSSR count). The molecule has 1 fully saturated rings. The summed E-state index contributed by atoms with van der Waals surface area (Å²) in [5.41, 5.74) is 3.67. The molecule has 0 aliphatic carbocycles. The maximum absolute atomic E-state index is 12.2. The normalized spacial score (nSPS) is 20.3. The second-order valence-corrected chi connectivity index (χ2v) is 15.4. The number of hydrogen-bond acceptors (Lipinski definition) is 4. The molecule has 2 aromatic rings. The fourth-order valence-electron chi connectivity index (χ4n) is 4.18. The summed E-state index contributed by atoms with van der Waals surface area (Å²) in [6, 6.07) is 16.6. The molecule has 1 N–H and O–H groups in total. The van der Waals surface area contributed by atoms with E-state index in [1.807, 2.05) is 18.2 Å². The zero-order chi connectivity index (χ0) is 17.8. The zero-order valence-electron chi connectivity index (χ0n) is 14.0. The Morgan fingerprint density at radius 2 is 1.85 bits per heavy atom. The Balaban J connectivity index is 1.64. The monoisotopic (exact) mass is 463 g/mol. The third kappa shape index (κ3) is 2.25. The van der Waals surface area contributed by atoms with Gasteiger partial charge in [-0.2, -0.15) is 0 Å². The third-order valence-corrected chi connectivity index (χ3v) is 16.6. The van der Waals surface area contributed by atoms with E-state index in [0.717, 1.165) is 23.9 Å². The molecule has 4 nitrogen and oxygen atoms in total. The third-order valence-electron chi connectivity index (χ3n) is 5.20. The molecule has 4 aliphatic rings. The summed E-state index contributed by atoms with van der Waals surface area (Å²) in [5.74, 6) is 0.679. The van der Waals surface area contributed by atoms with Crippen molar-refractivity contribution in [1.29, 1.82) is 0 Å². The van der Waals surface area contributed by atoms with Crippen molar-refractivity contribution in [3.05, 3.63) is 71.2 Å². The number of thioether (sulfide) groups is 1. The number of carbonyl (C=O) groups excluding carboxylic acids is 2. The van der Waals surface area contributed by atoms with Gasteiger partial charge in [0.05, 0.1) is 0 Å². The van der Waals surface area contributed by atoms with E-state index in [2.05, 4.69) is 35.6 Å². The first-order valence-corrected chi connectivity index (χ1v) is 14.2. The molecular formula is C20H14InNO3S. The first-order chi connectivity index (χ1) is 12.7. The molecular weight excluding hydrogens is 449 g/mol. The van der Waals surface area contributed by atoms with Crippen molar-refractivity contribution in [2.75, 3.05) is 7.11 Å². The number of rotatable bonds is 3. The Morgan fingerprint density at radius 3 is 2.58 bits per heavy atom. The predicted molar refractivity (Wildman–Crippen MR) is 104 cm³/mol. The SMILES string of the molecule is COc1ccccc1C[C]1=C2/[C](=C3/SC(=O)NC3=O)[In]1[c]1ccccc12. The number of imide groups is 1. The standard InChI is InChI=1S/C20H14NO3S.In/c1-24-17-10-6-5-9-15(17)11-12-16(14-7-3-2-4-8-14)13-18-19(22)21-20(23)25-18;/h2-7,9-10H,11H2,1H3,(H,21,22,23);. The number of ether oxygens (including phenoxy) is 1. The number of carbonyl (C=O) groups is 2. The topological polar surface area (TPSA) is 55.4 Å². The number of para-hydroxylation sites is 1. The van der Waals surface area contributed by atoms with E-state index < -0.39 is 21.4 Å². The van der Waals surface area contributed by atoms with Gasteiger partial charge in [0.25, 0.3) is 0 Å². The molecule has 2 amide bonds. The average molecular weight is 463 g/mol. The van der Waals surface area contributed by atoms with Crippen molar-refractivity contribution in [2.24, 2.45) is 0 Å². The summed E-state index contributed by atoms with van der Waals surface area (Å²) in [5, 5.41) is 2.15. The van der Waals surface area contributed by atoms with Crippen molar-refractivity contribution >= 4 is 53.2 Å². The van der Waals surface area contributed by atoms with Crippen molar-refractivity contribution in [3.8, 4) is 5.75 Å². The Labute approximate surface area is 162 Å². The van der Waals surface area contributed by atoms with Crippen LogP contribution in [-0.4, -0.2) is 39.7 Å². The molecule has 26 heavy (non-hydrogen) atoms. The molecule has 126 valence electrons. The number of nitrogens with one attached hydrogen (secondary N) is 1. The first-order valence-electron chi connectivity index (χ1n) is 8.41. The number of allylic oxidation sites excluding steroid dienone is 3. The maximum atomic E-state index is 12.2. The van der Waals surface area contributed by atoms with E-state index >= 15 is 0 Å². The van der Waals surface area contributed by atoms with Crippen LogP contribution in [0.1, 0.15) is 11.1 Å². The van der Waals surface area contributed by atoms with Gasteiger partial charge in [-0.1, -0.05) is 0 Å². The number of methoxy groups -OCH3 is 1. The van der Waals surface area contributed by atoms with Crippen molar-refractivity contribution in [1.82, 2.24) is 5.32 Å². The molecule has 4 aliphatic heterocycles. The number of amides is 2. The Bertz CT molecular complexity index is 1060. The summed E-state index contributed by atoms with van der Waals surface area (Å²) in [4.78, 5) is 24.5. The molecule has 0 radical (unpaired) electrons. The van der Waals surface area contributed by atoms with E-state index in [-0.39, 0.29) is 11.1 Å². The number of benzene rings is 2. The van der Waals surface area contributed by atoms with E-state index in [0.29, 0.717) is 4.91 Å². The Hall–Kier alpha value is -1.92. The Kier molecular flexibility index (Phi) is 3.79. The fraction of sp³-hybridized carbons (Fsp3) is 0.100. The molecule has 0 aromatic heterocycles. The van der Waals surface area contributed by atoms with Gasteiger partial charge >= 0.3 is 163 Å². The summed E-state index contributed by atoms with van der Waals surface area (Å²) in [7, 11) is 1.70. The van der Waals surface area contributed by atoms with Gasteiger partial charge < -0.3 is 0 Å². The van der Waals surface area contributed by atoms with Crippen molar-refractivity contribution in [2.45, 2.75) is 6.42 Å². The molecule has 0 spiro atoms. The molecule has 0 atom stereocenters. The van der Waals surface area contributed by atoms with Crippen molar-refractivity contribution < 1.29 is 14.3 Å². The van der Waals surface area contributed by atoms with Gasteiger partial charge in [-0.15, -0.1) is 0 Å². The minimum absolute atomic E-state index is 0.224. The van der Waals surface area contributed by atoms with Crippen LogP contribution in [0.2, 0.25) is 0 Å².